The lowest BCUT2D eigenvalue weighted by Crippen LogP contribution is -2.08. The Bertz CT molecular complexity index is 945. The van der Waals surface area contributed by atoms with E-state index in [0.29, 0.717) is 17.4 Å². The number of rotatable bonds is 5. The average Bonchev–Trinajstić information content (AvgIpc) is 2.60. The molecule has 0 aliphatic carbocycles. The van der Waals surface area contributed by atoms with E-state index in [9.17, 15) is 4.79 Å². The molecule has 3 aromatic rings. The van der Waals surface area contributed by atoms with Crippen molar-refractivity contribution in [2.75, 3.05) is 16.5 Å². The number of carbonyl (C=O) groups is 1. The first kappa shape index (κ1) is 17.4. The molecule has 0 saturated carbocycles. The molecular weight excluding hydrogens is 404 g/mol. The molecule has 1 heterocycles. The Labute approximate surface area is 158 Å². The number of hydrogen-bond donors (Lipinski definition) is 2. The number of alkyl halides is 1. The van der Waals surface area contributed by atoms with Gasteiger partial charge in [0.05, 0.1) is 5.52 Å². The van der Waals surface area contributed by atoms with E-state index >= 15 is 0 Å². The number of nitrogens with zero attached hydrogens (tertiary/aromatic N) is 2. The van der Waals surface area contributed by atoms with E-state index < -0.39 is 0 Å². The fraction of sp³-hybridized carbons (Fsp3) is 0.0556. The van der Waals surface area contributed by atoms with Crippen molar-refractivity contribution in [2.24, 2.45) is 0 Å². The van der Waals surface area contributed by atoms with Crippen LogP contribution >= 0.6 is 27.5 Å². The Balaban J connectivity index is 1.92. The van der Waals surface area contributed by atoms with Crippen LogP contribution in [0, 0.1) is 0 Å². The molecule has 1 amide bonds. The zero-order valence-electron chi connectivity index (χ0n) is 13.0. The van der Waals surface area contributed by atoms with Crippen LogP contribution in [0.2, 0.25) is 0 Å². The van der Waals surface area contributed by atoms with Crippen LogP contribution < -0.4 is 10.6 Å². The molecule has 0 fully saturated rings. The van der Waals surface area contributed by atoms with Gasteiger partial charge in [0.15, 0.2) is 0 Å². The van der Waals surface area contributed by atoms with Gasteiger partial charge in [-0.25, -0.2) is 9.97 Å². The number of amides is 1. The molecule has 0 bridgehead atoms. The van der Waals surface area contributed by atoms with E-state index in [0.717, 1.165) is 21.1 Å². The Morgan fingerprint density at radius 1 is 1.16 bits per heavy atom. The van der Waals surface area contributed by atoms with Crippen molar-refractivity contribution >= 4 is 61.5 Å². The summed E-state index contributed by atoms with van der Waals surface area (Å²) >= 11 is 8.99. The molecule has 126 valence electrons. The minimum atomic E-state index is -0.238. The normalized spacial score (nSPS) is 11.0. The third kappa shape index (κ3) is 4.55. The van der Waals surface area contributed by atoms with Crippen molar-refractivity contribution in [1.29, 1.82) is 0 Å². The summed E-state index contributed by atoms with van der Waals surface area (Å²) in [4.78, 5) is 20.4. The van der Waals surface area contributed by atoms with Crippen LogP contribution in [0.15, 0.2) is 65.4 Å². The Kier molecular flexibility index (Phi) is 5.63. The summed E-state index contributed by atoms with van der Waals surface area (Å²) in [6, 6.07) is 13.3. The molecule has 0 spiro atoms. The first-order valence-electron chi connectivity index (χ1n) is 7.46. The molecule has 0 aliphatic rings. The summed E-state index contributed by atoms with van der Waals surface area (Å²) in [6.45, 7) is 0. The second kappa shape index (κ2) is 8.09. The SMILES string of the molecule is O=C(/C=C/CCl)Nc1ccc2ncnc(Nc3cccc(Br)c3)c2c1. The highest BCUT2D eigenvalue weighted by molar-refractivity contribution is 9.10. The fourth-order valence-corrected chi connectivity index (χ4v) is 2.76. The summed E-state index contributed by atoms with van der Waals surface area (Å²) in [6.07, 6.45) is 4.49. The van der Waals surface area contributed by atoms with Crippen molar-refractivity contribution in [2.45, 2.75) is 0 Å². The van der Waals surface area contributed by atoms with Gasteiger partial charge < -0.3 is 10.6 Å². The highest BCUT2D eigenvalue weighted by atomic mass is 79.9. The summed E-state index contributed by atoms with van der Waals surface area (Å²) in [5.74, 6) is 0.716. The molecule has 0 atom stereocenters. The largest absolute Gasteiger partial charge is 0.340 e. The van der Waals surface area contributed by atoms with E-state index in [4.69, 9.17) is 11.6 Å². The van der Waals surface area contributed by atoms with Gasteiger partial charge in [0.2, 0.25) is 5.91 Å². The first-order chi connectivity index (χ1) is 12.2. The van der Waals surface area contributed by atoms with Gasteiger partial charge in [0, 0.05) is 33.2 Å². The Hall–Kier alpha value is -2.44. The Morgan fingerprint density at radius 2 is 2.04 bits per heavy atom. The third-order valence-corrected chi connectivity index (χ3v) is 4.02. The molecule has 0 unspecified atom stereocenters. The van der Waals surface area contributed by atoms with Gasteiger partial charge in [-0.2, -0.15) is 0 Å². The number of hydrogen-bond acceptors (Lipinski definition) is 4. The topological polar surface area (TPSA) is 66.9 Å². The average molecular weight is 418 g/mol. The van der Waals surface area contributed by atoms with E-state index in [-0.39, 0.29) is 5.91 Å². The van der Waals surface area contributed by atoms with E-state index in [1.807, 2.05) is 36.4 Å². The van der Waals surface area contributed by atoms with Crippen molar-refractivity contribution in [3.05, 3.63) is 65.4 Å². The summed E-state index contributed by atoms with van der Waals surface area (Å²) in [5, 5.41) is 6.88. The lowest BCUT2D eigenvalue weighted by atomic mass is 10.2. The zero-order chi connectivity index (χ0) is 17.6. The first-order valence-corrected chi connectivity index (χ1v) is 8.79. The summed E-state index contributed by atoms with van der Waals surface area (Å²) in [5.41, 5.74) is 2.33. The van der Waals surface area contributed by atoms with E-state index in [1.54, 1.807) is 12.1 Å². The second-order valence-electron chi connectivity index (χ2n) is 5.14. The number of anilines is 3. The number of aromatic nitrogens is 2. The fourth-order valence-electron chi connectivity index (χ4n) is 2.27. The van der Waals surface area contributed by atoms with Crippen LogP contribution in [-0.2, 0) is 4.79 Å². The van der Waals surface area contributed by atoms with E-state index in [1.165, 1.54) is 12.4 Å². The number of carbonyl (C=O) groups excluding carboxylic acids is 1. The standard InChI is InChI=1S/C18H14BrClN4O/c19-12-3-1-4-13(9-12)24-18-15-10-14(23-17(25)5-2-8-20)6-7-16(15)21-11-22-18/h1-7,9-11H,8H2,(H,23,25)(H,21,22,24)/b5-2+. The monoisotopic (exact) mass is 416 g/mol. The predicted octanol–water partition coefficient (Wildman–Crippen LogP) is 4.87. The van der Waals surface area contributed by atoms with Gasteiger partial charge >= 0.3 is 0 Å². The molecule has 5 nitrogen and oxygen atoms in total. The van der Waals surface area contributed by atoms with Crippen LogP contribution in [0.4, 0.5) is 17.2 Å². The maximum atomic E-state index is 11.8. The minimum Gasteiger partial charge on any atom is -0.340 e. The molecule has 0 aliphatic heterocycles. The molecule has 0 saturated heterocycles. The summed E-state index contributed by atoms with van der Waals surface area (Å²) in [7, 11) is 0. The van der Waals surface area contributed by atoms with Crippen molar-refractivity contribution < 1.29 is 4.79 Å². The summed E-state index contributed by atoms with van der Waals surface area (Å²) < 4.78 is 0.967. The molecule has 0 radical (unpaired) electrons. The van der Waals surface area contributed by atoms with Crippen LogP contribution in [-0.4, -0.2) is 21.8 Å². The molecule has 2 N–H and O–H groups in total. The van der Waals surface area contributed by atoms with Crippen molar-refractivity contribution in [3.8, 4) is 0 Å². The maximum absolute atomic E-state index is 11.8. The Morgan fingerprint density at radius 3 is 2.84 bits per heavy atom. The smallest absolute Gasteiger partial charge is 0.248 e. The minimum absolute atomic E-state index is 0.238. The lowest BCUT2D eigenvalue weighted by molar-refractivity contribution is -0.111. The van der Waals surface area contributed by atoms with Crippen LogP contribution in [0.3, 0.4) is 0 Å². The number of fused-ring (bicyclic) bond motifs is 1. The molecule has 3 rings (SSSR count). The number of nitrogens with one attached hydrogen (secondary N) is 2. The molecule has 1 aromatic heterocycles. The lowest BCUT2D eigenvalue weighted by Gasteiger charge is -2.10. The van der Waals surface area contributed by atoms with Crippen molar-refractivity contribution in [1.82, 2.24) is 9.97 Å². The van der Waals surface area contributed by atoms with Gasteiger partial charge in [-0.15, -0.1) is 11.6 Å². The molecule has 25 heavy (non-hydrogen) atoms. The second-order valence-corrected chi connectivity index (χ2v) is 6.36. The number of halogens is 2. The molecular formula is C18H14BrClN4O. The highest BCUT2D eigenvalue weighted by Crippen LogP contribution is 2.26. The number of allylic oxidation sites excluding steroid dienone is 1. The van der Waals surface area contributed by atoms with E-state index in [2.05, 4.69) is 36.5 Å². The third-order valence-electron chi connectivity index (χ3n) is 3.35. The number of benzene rings is 2. The van der Waals surface area contributed by atoms with Crippen LogP contribution in [0.5, 0.6) is 0 Å². The predicted molar refractivity (Wildman–Crippen MR) is 105 cm³/mol. The van der Waals surface area contributed by atoms with Crippen LogP contribution in [0.1, 0.15) is 0 Å². The highest BCUT2D eigenvalue weighted by Gasteiger charge is 2.07. The van der Waals surface area contributed by atoms with Gasteiger partial charge in [-0.05, 0) is 36.4 Å². The van der Waals surface area contributed by atoms with Crippen LogP contribution in [0.25, 0.3) is 10.9 Å². The van der Waals surface area contributed by atoms with Gasteiger partial charge in [0.1, 0.15) is 12.1 Å². The van der Waals surface area contributed by atoms with Crippen molar-refractivity contribution in [3.63, 3.8) is 0 Å². The zero-order valence-corrected chi connectivity index (χ0v) is 15.4. The molecule has 2 aromatic carbocycles. The maximum Gasteiger partial charge on any atom is 0.248 e. The quantitative estimate of drug-likeness (QED) is 0.459. The van der Waals surface area contributed by atoms with Gasteiger partial charge in [0.25, 0.3) is 0 Å². The van der Waals surface area contributed by atoms with Gasteiger partial charge in [-0.1, -0.05) is 28.1 Å². The molecule has 7 heteroatoms. The van der Waals surface area contributed by atoms with Gasteiger partial charge in [-0.3, -0.25) is 4.79 Å².